The lowest BCUT2D eigenvalue weighted by Crippen LogP contribution is -2.18. The van der Waals surface area contributed by atoms with E-state index in [2.05, 4.69) is 39.4 Å². The maximum Gasteiger partial charge on any atom is 0.0487 e. The van der Waals surface area contributed by atoms with Gasteiger partial charge in [-0.3, -0.25) is 0 Å². The Labute approximate surface area is 91.4 Å². The highest BCUT2D eigenvalue weighted by Gasteiger charge is 2.15. The molecule has 1 aliphatic heterocycles. The molecule has 70 valence electrons. The molecule has 1 heterocycles. The van der Waals surface area contributed by atoms with Crippen molar-refractivity contribution in [2.45, 2.75) is 12.5 Å². The smallest absolute Gasteiger partial charge is 0.0487 e. The Hall–Kier alpha value is -0.150. The van der Waals surface area contributed by atoms with E-state index in [-0.39, 0.29) is 0 Å². The molecule has 1 atom stereocenters. The van der Waals surface area contributed by atoms with Crippen LogP contribution in [-0.4, -0.2) is 17.5 Å². The van der Waals surface area contributed by atoms with Crippen molar-refractivity contribution in [2.75, 3.05) is 16.8 Å². The van der Waals surface area contributed by atoms with Crippen LogP contribution in [0.2, 0.25) is 0 Å². The van der Waals surface area contributed by atoms with Crippen molar-refractivity contribution in [1.82, 2.24) is 0 Å². The van der Waals surface area contributed by atoms with Gasteiger partial charge in [-0.1, -0.05) is 12.1 Å². The minimum absolute atomic E-state index is 0.656. The summed E-state index contributed by atoms with van der Waals surface area (Å²) in [5.41, 5.74) is 1.22. The van der Waals surface area contributed by atoms with Crippen molar-refractivity contribution in [3.05, 3.63) is 28.7 Å². The highest BCUT2D eigenvalue weighted by Crippen LogP contribution is 2.26. The van der Waals surface area contributed by atoms with E-state index in [0.717, 1.165) is 4.47 Å². The average Bonchev–Trinajstić information content (AvgIpc) is 2.61. The predicted octanol–water partition coefficient (Wildman–Crippen LogP) is 3.37. The highest BCUT2D eigenvalue weighted by molar-refractivity contribution is 9.10. The molecule has 2 rings (SSSR count). The van der Waals surface area contributed by atoms with Crippen molar-refractivity contribution in [2.24, 2.45) is 0 Å². The fourth-order valence-corrected chi connectivity index (χ4v) is 3.00. The maximum atomic E-state index is 3.54. The van der Waals surface area contributed by atoms with Crippen LogP contribution in [0.25, 0.3) is 0 Å². The van der Waals surface area contributed by atoms with Gasteiger partial charge in [-0.2, -0.15) is 11.8 Å². The van der Waals surface area contributed by atoms with Crippen LogP contribution in [-0.2, 0) is 0 Å². The number of nitrogens with one attached hydrogen (secondary N) is 1. The van der Waals surface area contributed by atoms with Gasteiger partial charge in [-0.05, 0) is 40.2 Å². The second-order valence-electron chi connectivity index (χ2n) is 3.18. The zero-order valence-electron chi connectivity index (χ0n) is 7.29. The summed E-state index contributed by atoms with van der Waals surface area (Å²) in [5.74, 6) is 2.53. The first-order valence-corrected chi connectivity index (χ1v) is 6.40. The first kappa shape index (κ1) is 9.41. The first-order chi connectivity index (χ1) is 6.36. The molecule has 13 heavy (non-hydrogen) atoms. The van der Waals surface area contributed by atoms with Gasteiger partial charge in [0.2, 0.25) is 0 Å². The molecule has 0 radical (unpaired) electrons. The van der Waals surface area contributed by atoms with Gasteiger partial charge in [0.15, 0.2) is 0 Å². The molecule has 1 aliphatic rings. The molecule has 0 aliphatic carbocycles. The van der Waals surface area contributed by atoms with E-state index in [4.69, 9.17) is 0 Å². The number of thioether (sulfide) groups is 1. The number of hydrogen-bond donors (Lipinski definition) is 1. The number of anilines is 1. The van der Waals surface area contributed by atoms with Crippen LogP contribution in [0.3, 0.4) is 0 Å². The zero-order chi connectivity index (χ0) is 9.10. The number of rotatable bonds is 2. The molecule has 0 bridgehead atoms. The molecule has 0 aromatic heterocycles. The summed E-state index contributed by atoms with van der Waals surface area (Å²) >= 11 is 5.56. The topological polar surface area (TPSA) is 12.0 Å². The fourth-order valence-electron chi connectivity index (χ4n) is 1.45. The van der Waals surface area contributed by atoms with Crippen molar-refractivity contribution in [3.63, 3.8) is 0 Å². The lowest BCUT2D eigenvalue weighted by molar-refractivity contribution is 0.812. The Balaban J connectivity index is 2.04. The number of para-hydroxylation sites is 1. The third-order valence-electron chi connectivity index (χ3n) is 2.16. The van der Waals surface area contributed by atoms with Gasteiger partial charge in [-0.15, -0.1) is 0 Å². The fraction of sp³-hybridized carbons (Fsp3) is 0.400. The molecule has 1 aromatic rings. The average molecular weight is 258 g/mol. The van der Waals surface area contributed by atoms with Gasteiger partial charge in [0, 0.05) is 22.0 Å². The number of benzene rings is 1. The third kappa shape index (κ3) is 2.41. The monoisotopic (exact) mass is 257 g/mol. The summed E-state index contributed by atoms with van der Waals surface area (Å²) < 4.78 is 1.16. The van der Waals surface area contributed by atoms with Gasteiger partial charge >= 0.3 is 0 Å². The third-order valence-corrected chi connectivity index (χ3v) is 4.02. The maximum absolute atomic E-state index is 3.54. The van der Waals surface area contributed by atoms with Crippen LogP contribution in [0, 0.1) is 0 Å². The van der Waals surface area contributed by atoms with Gasteiger partial charge in [0.05, 0.1) is 0 Å². The Kier molecular flexibility index (Phi) is 3.17. The van der Waals surface area contributed by atoms with Crippen molar-refractivity contribution in [3.8, 4) is 0 Å². The predicted molar refractivity (Wildman–Crippen MR) is 63.5 cm³/mol. The summed E-state index contributed by atoms with van der Waals surface area (Å²) in [6, 6.07) is 8.95. The summed E-state index contributed by atoms with van der Waals surface area (Å²) in [4.78, 5) is 0. The summed E-state index contributed by atoms with van der Waals surface area (Å²) in [5, 5.41) is 3.54. The molecular weight excluding hydrogens is 246 g/mol. The SMILES string of the molecule is Brc1ccccc1N[C@H]1CCSC1. The van der Waals surface area contributed by atoms with E-state index in [1.807, 2.05) is 17.8 Å². The second-order valence-corrected chi connectivity index (χ2v) is 5.19. The van der Waals surface area contributed by atoms with E-state index in [0.29, 0.717) is 6.04 Å². The van der Waals surface area contributed by atoms with E-state index in [9.17, 15) is 0 Å². The molecule has 0 saturated carbocycles. The van der Waals surface area contributed by atoms with Crippen molar-refractivity contribution >= 4 is 33.4 Å². The van der Waals surface area contributed by atoms with Crippen molar-refractivity contribution in [1.29, 1.82) is 0 Å². The molecule has 0 amide bonds. The van der Waals surface area contributed by atoms with Crippen LogP contribution >= 0.6 is 27.7 Å². The van der Waals surface area contributed by atoms with E-state index < -0.39 is 0 Å². The zero-order valence-corrected chi connectivity index (χ0v) is 9.70. The molecule has 1 nitrogen and oxygen atoms in total. The van der Waals surface area contributed by atoms with Crippen molar-refractivity contribution < 1.29 is 0 Å². The highest BCUT2D eigenvalue weighted by atomic mass is 79.9. The molecule has 0 spiro atoms. The summed E-state index contributed by atoms with van der Waals surface area (Å²) in [6.07, 6.45) is 1.28. The Morgan fingerprint density at radius 2 is 2.23 bits per heavy atom. The Morgan fingerprint density at radius 3 is 2.92 bits per heavy atom. The first-order valence-electron chi connectivity index (χ1n) is 4.45. The lowest BCUT2D eigenvalue weighted by atomic mass is 10.2. The summed E-state index contributed by atoms with van der Waals surface area (Å²) in [6.45, 7) is 0. The summed E-state index contributed by atoms with van der Waals surface area (Å²) in [7, 11) is 0. The minimum atomic E-state index is 0.656. The van der Waals surface area contributed by atoms with E-state index >= 15 is 0 Å². The van der Waals surface area contributed by atoms with Crippen LogP contribution in [0.15, 0.2) is 28.7 Å². The van der Waals surface area contributed by atoms with E-state index in [1.54, 1.807) is 0 Å². The van der Waals surface area contributed by atoms with Gasteiger partial charge in [-0.25, -0.2) is 0 Å². The Morgan fingerprint density at radius 1 is 1.38 bits per heavy atom. The molecule has 1 saturated heterocycles. The molecule has 0 unspecified atom stereocenters. The minimum Gasteiger partial charge on any atom is -0.381 e. The molecule has 3 heteroatoms. The number of halogens is 1. The Bertz CT molecular complexity index is 284. The number of hydrogen-bond acceptors (Lipinski definition) is 2. The standard InChI is InChI=1S/C10H12BrNS/c11-9-3-1-2-4-10(9)12-8-5-6-13-7-8/h1-4,8,12H,5-7H2/t8-/m0/s1. The van der Waals surface area contributed by atoms with Crippen LogP contribution in [0.1, 0.15) is 6.42 Å². The lowest BCUT2D eigenvalue weighted by Gasteiger charge is -2.13. The van der Waals surface area contributed by atoms with Gasteiger partial charge < -0.3 is 5.32 Å². The second kappa shape index (κ2) is 4.38. The van der Waals surface area contributed by atoms with Crippen LogP contribution in [0.4, 0.5) is 5.69 Å². The normalized spacial score (nSPS) is 21.8. The van der Waals surface area contributed by atoms with E-state index in [1.165, 1.54) is 23.6 Å². The molecule has 1 aromatic carbocycles. The van der Waals surface area contributed by atoms with Gasteiger partial charge in [0.1, 0.15) is 0 Å². The molecule has 1 N–H and O–H groups in total. The van der Waals surface area contributed by atoms with Crippen LogP contribution in [0.5, 0.6) is 0 Å². The van der Waals surface area contributed by atoms with Gasteiger partial charge in [0.25, 0.3) is 0 Å². The quantitative estimate of drug-likeness (QED) is 0.872. The van der Waals surface area contributed by atoms with Crippen LogP contribution < -0.4 is 5.32 Å². The molecule has 1 fully saturated rings. The molecular formula is C10H12BrNS. The largest absolute Gasteiger partial charge is 0.381 e.